The number of ether oxygens (including phenoxy) is 2. The van der Waals surface area contributed by atoms with Crippen molar-refractivity contribution in [2.75, 3.05) is 0 Å². The Balaban J connectivity index is 1.22. The van der Waals surface area contributed by atoms with Gasteiger partial charge in [-0.15, -0.1) is 0 Å². The van der Waals surface area contributed by atoms with Crippen molar-refractivity contribution >= 4 is 22.5 Å². The highest BCUT2D eigenvalue weighted by Gasteiger charge is 2.41. The van der Waals surface area contributed by atoms with Crippen LogP contribution in [0.3, 0.4) is 0 Å². The van der Waals surface area contributed by atoms with Crippen molar-refractivity contribution in [2.45, 2.75) is 18.7 Å². The van der Waals surface area contributed by atoms with E-state index in [1.54, 1.807) is 24.3 Å². The van der Waals surface area contributed by atoms with Gasteiger partial charge in [-0.05, 0) is 53.2 Å². The van der Waals surface area contributed by atoms with Crippen LogP contribution in [0, 0.1) is 0 Å². The Morgan fingerprint density at radius 2 is 1.53 bits per heavy atom. The summed E-state index contributed by atoms with van der Waals surface area (Å²) in [6.07, 6.45) is 0.388. The molecule has 7 rings (SSSR count). The first-order chi connectivity index (χ1) is 18.7. The molecule has 0 N–H and O–H groups in total. The lowest BCUT2D eigenvalue weighted by Crippen LogP contribution is -2.33. The molecule has 2 aliphatic heterocycles. The quantitative estimate of drug-likeness (QED) is 0.193. The van der Waals surface area contributed by atoms with Crippen LogP contribution in [0.1, 0.15) is 45.7 Å². The fraction of sp³-hybridized carbons (Fsp3) is 0.0909. The molecule has 0 saturated heterocycles. The molecule has 5 nitrogen and oxygen atoms in total. The van der Waals surface area contributed by atoms with Crippen molar-refractivity contribution in [1.29, 1.82) is 0 Å². The number of hydrogen-bond acceptors (Lipinski definition) is 5. The molecule has 0 fully saturated rings. The number of benzene rings is 5. The normalized spacial score (nSPS) is 17.8. The standard InChI is InChI=1S/C33H24N2O3/c36-33(24-10-2-1-3-11-24)37-25-19-17-23(18-20-25)32-35-30(28-14-6-7-16-31(28)38-32)21-29(34-35)27-15-8-12-22-9-4-5-13-26(22)27/h1-20,30,32H,21H2. The number of rotatable bonds is 4. The molecule has 2 unspecified atom stereocenters. The average Bonchev–Trinajstić information content (AvgIpc) is 3.43. The predicted octanol–water partition coefficient (Wildman–Crippen LogP) is 7.30. The Bertz CT molecular complexity index is 1670. The summed E-state index contributed by atoms with van der Waals surface area (Å²) < 4.78 is 12.1. The third kappa shape index (κ3) is 3.89. The molecular formula is C33H24N2O3. The Morgan fingerprint density at radius 1 is 0.789 bits per heavy atom. The van der Waals surface area contributed by atoms with Gasteiger partial charge in [0.2, 0.25) is 6.23 Å². The molecule has 0 aliphatic carbocycles. The van der Waals surface area contributed by atoms with Gasteiger partial charge in [0.1, 0.15) is 11.5 Å². The van der Waals surface area contributed by atoms with Crippen LogP contribution < -0.4 is 9.47 Å². The van der Waals surface area contributed by atoms with Crippen LogP contribution >= 0.6 is 0 Å². The number of carbonyl (C=O) groups is 1. The second-order valence-electron chi connectivity index (χ2n) is 9.51. The first-order valence-electron chi connectivity index (χ1n) is 12.7. The Kier molecular flexibility index (Phi) is 5.40. The Hall–Kier alpha value is -4.90. The molecule has 0 aromatic heterocycles. The molecule has 5 aromatic rings. The monoisotopic (exact) mass is 496 g/mol. The predicted molar refractivity (Wildman–Crippen MR) is 147 cm³/mol. The summed E-state index contributed by atoms with van der Waals surface area (Å²) in [5.41, 5.74) is 4.78. The van der Waals surface area contributed by atoms with Gasteiger partial charge in [-0.25, -0.2) is 9.80 Å². The van der Waals surface area contributed by atoms with Crippen LogP contribution in [0.15, 0.2) is 126 Å². The van der Waals surface area contributed by atoms with Gasteiger partial charge < -0.3 is 9.47 Å². The SMILES string of the molecule is O=C(Oc1ccc(C2Oc3ccccc3C3CC(c4cccc5ccccc45)=NN32)cc1)c1ccccc1. The summed E-state index contributed by atoms with van der Waals surface area (Å²) in [7, 11) is 0. The third-order valence-electron chi connectivity index (χ3n) is 7.18. The summed E-state index contributed by atoms with van der Waals surface area (Å²) >= 11 is 0. The highest BCUT2D eigenvalue weighted by atomic mass is 16.5. The van der Waals surface area contributed by atoms with Crippen LogP contribution in [0.2, 0.25) is 0 Å². The van der Waals surface area contributed by atoms with E-state index in [9.17, 15) is 4.79 Å². The van der Waals surface area contributed by atoms with Crippen LogP contribution in [-0.4, -0.2) is 16.7 Å². The third-order valence-corrected chi connectivity index (χ3v) is 7.18. The van der Waals surface area contributed by atoms with E-state index < -0.39 is 6.23 Å². The fourth-order valence-corrected chi connectivity index (χ4v) is 5.33. The van der Waals surface area contributed by atoms with E-state index in [2.05, 4.69) is 53.5 Å². The first kappa shape index (κ1) is 22.3. The van der Waals surface area contributed by atoms with Crippen LogP contribution in [-0.2, 0) is 0 Å². The van der Waals surface area contributed by atoms with E-state index in [1.165, 1.54) is 10.8 Å². The van der Waals surface area contributed by atoms with Gasteiger partial charge in [0, 0.05) is 23.1 Å². The van der Waals surface area contributed by atoms with E-state index in [0.717, 1.165) is 34.6 Å². The maximum atomic E-state index is 12.5. The highest BCUT2D eigenvalue weighted by Crippen LogP contribution is 2.47. The molecule has 2 aliphatic rings. The number of hydrogen-bond donors (Lipinski definition) is 0. The summed E-state index contributed by atoms with van der Waals surface area (Å²) in [5, 5.41) is 9.61. The molecular weight excluding hydrogens is 472 g/mol. The lowest BCUT2D eigenvalue weighted by molar-refractivity contribution is -0.0190. The van der Waals surface area contributed by atoms with E-state index in [1.807, 2.05) is 48.5 Å². The maximum absolute atomic E-state index is 12.5. The average molecular weight is 497 g/mol. The minimum atomic E-state index is -0.402. The van der Waals surface area contributed by atoms with Gasteiger partial charge in [0.25, 0.3) is 0 Å². The lowest BCUT2D eigenvalue weighted by atomic mass is 9.93. The fourth-order valence-electron chi connectivity index (χ4n) is 5.33. The summed E-state index contributed by atoms with van der Waals surface area (Å²) in [5.74, 6) is 0.967. The number of hydrazone groups is 1. The molecule has 184 valence electrons. The molecule has 0 spiro atoms. The number of fused-ring (bicyclic) bond motifs is 4. The zero-order valence-electron chi connectivity index (χ0n) is 20.5. The summed E-state index contributed by atoms with van der Waals surface area (Å²) in [6.45, 7) is 0. The van der Waals surface area contributed by atoms with Crippen molar-refractivity contribution in [3.8, 4) is 11.5 Å². The molecule has 2 atom stereocenters. The molecule has 0 amide bonds. The Labute approximate surface area is 220 Å². The van der Waals surface area contributed by atoms with Crippen LogP contribution in [0.25, 0.3) is 10.8 Å². The van der Waals surface area contributed by atoms with Crippen molar-refractivity contribution in [1.82, 2.24) is 5.01 Å². The zero-order valence-corrected chi connectivity index (χ0v) is 20.5. The van der Waals surface area contributed by atoms with Gasteiger partial charge in [-0.1, -0.05) is 78.9 Å². The highest BCUT2D eigenvalue weighted by molar-refractivity contribution is 6.11. The maximum Gasteiger partial charge on any atom is 0.343 e. The van der Waals surface area contributed by atoms with Crippen molar-refractivity contribution < 1.29 is 14.3 Å². The van der Waals surface area contributed by atoms with E-state index in [-0.39, 0.29) is 12.0 Å². The summed E-state index contributed by atoms with van der Waals surface area (Å²) in [6, 6.07) is 39.5. The molecule has 0 bridgehead atoms. The van der Waals surface area contributed by atoms with Crippen molar-refractivity contribution in [3.63, 3.8) is 0 Å². The largest absolute Gasteiger partial charge is 0.464 e. The molecule has 5 aromatic carbocycles. The van der Waals surface area contributed by atoms with Crippen molar-refractivity contribution in [2.24, 2.45) is 5.10 Å². The van der Waals surface area contributed by atoms with Crippen molar-refractivity contribution in [3.05, 3.63) is 144 Å². The second kappa shape index (κ2) is 9.20. The molecule has 0 saturated carbocycles. The van der Waals surface area contributed by atoms with E-state index in [0.29, 0.717) is 11.3 Å². The minimum Gasteiger partial charge on any atom is -0.464 e. The Morgan fingerprint density at radius 3 is 2.39 bits per heavy atom. The van der Waals surface area contributed by atoms with Gasteiger partial charge in [0.05, 0.1) is 17.3 Å². The molecule has 2 heterocycles. The number of para-hydroxylation sites is 1. The van der Waals surface area contributed by atoms with E-state index >= 15 is 0 Å². The van der Waals surface area contributed by atoms with Gasteiger partial charge in [-0.3, -0.25) is 0 Å². The van der Waals surface area contributed by atoms with E-state index in [4.69, 9.17) is 14.6 Å². The zero-order chi connectivity index (χ0) is 25.5. The minimum absolute atomic E-state index is 0.0644. The molecule has 5 heteroatoms. The topological polar surface area (TPSA) is 51.1 Å². The number of esters is 1. The van der Waals surface area contributed by atoms with Gasteiger partial charge >= 0.3 is 5.97 Å². The van der Waals surface area contributed by atoms with Gasteiger partial charge in [0.15, 0.2) is 0 Å². The molecule has 38 heavy (non-hydrogen) atoms. The van der Waals surface area contributed by atoms with Crippen LogP contribution in [0.4, 0.5) is 0 Å². The molecule has 0 radical (unpaired) electrons. The lowest BCUT2D eigenvalue weighted by Gasteiger charge is -2.38. The number of carbonyl (C=O) groups excluding carboxylic acids is 1. The van der Waals surface area contributed by atoms with Gasteiger partial charge in [-0.2, -0.15) is 5.10 Å². The first-order valence-corrected chi connectivity index (χ1v) is 12.7. The van der Waals surface area contributed by atoms with Crippen LogP contribution in [0.5, 0.6) is 11.5 Å². The second-order valence-corrected chi connectivity index (χ2v) is 9.51. The number of nitrogens with zero attached hydrogens (tertiary/aromatic N) is 2. The summed E-state index contributed by atoms with van der Waals surface area (Å²) in [4.78, 5) is 12.5. The smallest absolute Gasteiger partial charge is 0.343 e.